The molecule has 1 aromatic carbocycles. The minimum atomic E-state index is -0.583. The zero-order valence-corrected chi connectivity index (χ0v) is 13.8. The first kappa shape index (κ1) is 16.9. The number of hydrogen-bond acceptors (Lipinski definition) is 3. The molecule has 0 radical (unpaired) electrons. The first-order chi connectivity index (χ1) is 11.0. The molecule has 1 aromatic heterocycles. The SMILES string of the molecule is CN=C(NCc1ccc(C(N)=O)o1)N(C)Cc1ccc(Cl)cc1. The number of amides is 1. The van der Waals surface area contributed by atoms with E-state index in [1.54, 1.807) is 19.2 Å². The van der Waals surface area contributed by atoms with Crippen LogP contribution >= 0.6 is 11.6 Å². The molecule has 0 unspecified atom stereocenters. The van der Waals surface area contributed by atoms with E-state index in [4.69, 9.17) is 21.8 Å². The third-order valence-electron chi connectivity index (χ3n) is 3.23. The van der Waals surface area contributed by atoms with Gasteiger partial charge in [-0.3, -0.25) is 9.79 Å². The van der Waals surface area contributed by atoms with E-state index in [0.717, 1.165) is 5.56 Å². The lowest BCUT2D eigenvalue weighted by molar-refractivity contribution is 0.0972. The maximum absolute atomic E-state index is 11.0. The highest BCUT2D eigenvalue weighted by atomic mass is 35.5. The highest BCUT2D eigenvalue weighted by Crippen LogP contribution is 2.11. The van der Waals surface area contributed by atoms with Gasteiger partial charge in [-0.1, -0.05) is 23.7 Å². The van der Waals surface area contributed by atoms with E-state index < -0.39 is 5.91 Å². The second-order valence-corrected chi connectivity index (χ2v) is 5.45. The van der Waals surface area contributed by atoms with Gasteiger partial charge in [-0.2, -0.15) is 0 Å². The summed E-state index contributed by atoms with van der Waals surface area (Å²) < 4.78 is 5.33. The number of furan rings is 1. The molecule has 1 heterocycles. The van der Waals surface area contributed by atoms with Crippen molar-refractivity contribution in [1.29, 1.82) is 0 Å². The van der Waals surface area contributed by atoms with E-state index >= 15 is 0 Å². The summed E-state index contributed by atoms with van der Waals surface area (Å²) >= 11 is 5.89. The van der Waals surface area contributed by atoms with Crippen LogP contribution in [0, 0.1) is 0 Å². The first-order valence-corrected chi connectivity index (χ1v) is 7.42. The molecule has 0 saturated carbocycles. The van der Waals surface area contributed by atoms with Crippen LogP contribution in [0.5, 0.6) is 0 Å². The molecule has 0 fully saturated rings. The van der Waals surface area contributed by atoms with Crippen molar-refractivity contribution in [3.8, 4) is 0 Å². The minimum absolute atomic E-state index is 0.145. The van der Waals surface area contributed by atoms with Gasteiger partial charge in [-0.15, -0.1) is 0 Å². The number of carbonyl (C=O) groups is 1. The van der Waals surface area contributed by atoms with Crippen LogP contribution < -0.4 is 11.1 Å². The molecule has 2 rings (SSSR count). The van der Waals surface area contributed by atoms with Crippen LogP contribution in [0.15, 0.2) is 45.8 Å². The van der Waals surface area contributed by atoms with Gasteiger partial charge in [0.25, 0.3) is 5.91 Å². The summed E-state index contributed by atoms with van der Waals surface area (Å²) in [6.45, 7) is 1.09. The molecular weight excluding hydrogens is 316 g/mol. The molecular formula is C16H19ClN4O2. The predicted molar refractivity (Wildman–Crippen MR) is 90.3 cm³/mol. The Morgan fingerprint density at radius 3 is 2.57 bits per heavy atom. The number of guanidine groups is 1. The fourth-order valence-electron chi connectivity index (χ4n) is 2.09. The Morgan fingerprint density at radius 1 is 1.30 bits per heavy atom. The van der Waals surface area contributed by atoms with Gasteiger partial charge in [0.2, 0.25) is 0 Å². The quantitative estimate of drug-likeness (QED) is 0.648. The molecule has 7 heteroatoms. The van der Waals surface area contributed by atoms with E-state index in [1.807, 2.05) is 36.2 Å². The number of nitrogens with zero attached hydrogens (tertiary/aromatic N) is 2. The molecule has 0 atom stereocenters. The van der Waals surface area contributed by atoms with Gasteiger partial charge in [-0.05, 0) is 29.8 Å². The van der Waals surface area contributed by atoms with Crippen LogP contribution in [-0.2, 0) is 13.1 Å². The fourth-order valence-corrected chi connectivity index (χ4v) is 2.22. The number of primary amides is 1. The number of carbonyl (C=O) groups excluding carboxylic acids is 1. The van der Waals surface area contributed by atoms with Crippen molar-refractivity contribution in [3.05, 3.63) is 58.5 Å². The lowest BCUT2D eigenvalue weighted by Crippen LogP contribution is -2.37. The van der Waals surface area contributed by atoms with Crippen LogP contribution in [0.4, 0.5) is 0 Å². The van der Waals surface area contributed by atoms with E-state index in [0.29, 0.717) is 29.8 Å². The second kappa shape index (κ2) is 7.69. The Labute approximate surface area is 139 Å². The zero-order valence-electron chi connectivity index (χ0n) is 13.0. The molecule has 3 N–H and O–H groups in total. The molecule has 0 spiro atoms. The summed E-state index contributed by atoms with van der Waals surface area (Å²) in [5, 5.41) is 3.88. The molecule has 0 aliphatic heterocycles. The van der Waals surface area contributed by atoms with Crippen LogP contribution in [0.3, 0.4) is 0 Å². The molecule has 0 saturated heterocycles. The van der Waals surface area contributed by atoms with E-state index in [2.05, 4.69) is 10.3 Å². The summed E-state index contributed by atoms with van der Waals surface area (Å²) in [6.07, 6.45) is 0. The molecule has 0 aliphatic rings. The Hall–Kier alpha value is -2.47. The third kappa shape index (κ3) is 4.75. The molecule has 0 aliphatic carbocycles. The normalized spacial score (nSPS) is 11.3. The highest BCUT2D eigenvalue weighted by Gasteiger charge is 2.10. The van der Waals surface area contributed by atoms with Gasteiger partial charge in [0.1, 0.15) is 5.76 Å². The maximum atomic E-state index is 11.0. The largest absolute Gasteiger partial charge is 0.454 e. The number of benzene rings is 1. The smallest absolute Gasteiger partial charge is 0.284 e. The van der Waals surface area contributed by atoms with Crippen molar-refractivity contribution in [2.45, 2.75) is 13.1 Å². The van der Waals surface area contributed by atoms with Gasteiger partial charge >= 0.3 is 0 Å². The summed E-state index contributed by atoms with van der Waals surface area (Å²) in [4.78, 5) is 17.2. The summed E-state index contributed by atoms with van der Waals surface area (Å²) in [7, 11) is 3.64. The number of halogens is 1. The van der Waals surface area contributed by atoms with Crippen LogP contribution in [0.1, 0.15) is 21.9 Å². The summed E-state index contributed by atoms with van der Waals surface area (Å²) in [6, 6.07) is 10.9. The van der Waals surface area contributed by atoms with E-state index in [9.17, 15) is 4.79 Å². The van der Waals surface area contributed by atoms with Crippen LogP contribution in [-0.4, -0.2) is 30.9 Å². The van der Waals surface area contributed by atoms with Gasteiger partial charge in [0.05, 0.1) is 6.54 Å². The number of rotatable bonds is 5. The van der Waals surface area contributed by atoms with Crippen LogP contribution in [0.25, 0.3) is 0 Å². The Bertz CT molecular complexity index is 694. The lowest BCUT2D eigenvalue weighted by Gasteiger charge is -2.21. The molecule has 23 heavy (non-hydrogen) atoms. The molecule has 6 nitrogen and oxygen atoms in total. The topological polar surface area (TPSA) is 83.9 Å². The Morgan fingerprint density at radius 2 is 2.00 bits per heavy atom. The van der Waals surface area contributed by atoms with Gasteiger partial charge < -0.3 is 20.4 Å². The zero-order chi connectivity index (χ0) is 16.8. The van der Waals surface area contributed by atoms with Crippen molar-refractivity contribution < 1.29 is 9.21 Å². The number of hydrogen-bond donors (Lipinski definition) is 2. The number of nitrogens with one attached hydrogen (secondary N) is 1. The first-order valence-electron chi connectivity index (χ1n) is 7.04. The van der Waals surface area contributed by atoms with Gasteiger partial charge in [-0.25, -0.2) is 0 Å². The third-order valence-corrected chi connectivity index (χ3v) is 3.48. The van der Waals surface area contributed by atoms with Crippen molar-refractivity contribution >= 4 is 23.5 Å². The van der Waals surface area contributed by atoms with E-state index in [-0.39, 0.29) is 5.76 Å². The number of nitrogens with two attached hydrogens (primary N) is 1. The molecule has 0 bridgehead atoms. The molecule has 1 amide bonds. The minimum Gasteiger partial charge on any atom is -0.454 e. The lowest BCUT2D eigenvalue weighted by atomic mass is 10.2. The Kier molecular flexibility index (Phi) is 5.65. The summed E-state index contributed by atoms with van der Waals surface area (Å²) in [5.74, 6) is 0.878. The van der Waals surface area contributed by atoms with Crippen LogP contribution in [0.2, 0.25) is 5.02 Å². The fraction of sp³-hybridized carbons (Fsp3) is 0.250. The Balaban J connectivity index is 1.93. The van der Waals surface area contributed by atoms with E-state index in [1.165, 1.54) is 0 Å². The monoisotopic (exact) mass is 334 g/mol. The second-order valence-electron chi connectivity index (χ2n) is 5.01. The average Bonchev–Trinajstić information content (AvgIpc) is 2.99. The van der Waals surface area contributed by atoms with Crippen molar-refractivity contribution in [2.75, 3.05) is 14.1 Å². The van der Waals surface area contributed by atoms with Gasteiger partial charge in [0.15, 0.2) is 11.7 Å². The standard InChI is InChI=1S/C16H19ClN4O2/c1-19-16(20-9-13-7-8-14(23-13)15(18)22)21(2)10-11-3-5-12(17)6-4-11/h3-8H,9-10H2,1-2H3,(H2,18,22)(H,19,20). The van der Waals surface area contributed by atoms with Crippen molar-refractivity contribution in [3.63, 3.8) is 0 Å². The highest BCUT2D eigenvalue weighted by molar-refractivity contribution is 6.30. The van der Waals surface area contributed by atoms with Crippen molar-refractivity contribution in [2.24, 2.45) is 10.7 Å². The maximum Gasteiger partial charge on any atom is 0.284 e. The molecule has 2 aromatic rings. The molecule has 122 valence electrons. The summed E-state index contributed by atoms with van der Waals surface area (Å²) in [5.41, 5.74) is 6.28. The van der Waals surface area contributed by atoms with Crippen molar-refractivity contribution in [1.82, 2.24) is 10.2 Å². The number of aliphatic imine (C=N–C) groups is 1. The average molecular weight is 335 g/mol. The predicted octanol–water partition coefficient (Wildman–Crippen LogP) is 2.24. The van der Waals surface area contributed by atoms with Gasteiger partial charge in [0, 0.05) is 25.7 Å².